The van der Waals surface area contributed by atoms with Gasteiger partial charge >= 0.3 is 0 Å². The summed E-state index contributed by atoms with van der Waals surface area (Å²) in [4.78, 5) is 10.5. The summed E-state index contributed by atoms with van der Waals surface area (Å²) in [5.41, 5.74) is 7.34. The molecular formula is C44H28N2. The van der Waals surface area contributed by atoms with Crippen LogP contribution in [0.1, 0.15) is 0 Å². The summed E-state index contributed by atoms with van der Waals surface area (Å²) in [5, 5.41) is 9.70. The van der Waals surface area contributed by atoms with Crippen molar-refractivity contribution in [2.75, 3.05) is 0 Å². The Balaban J connectivity index is 1.32. The van der Waals surface area contributed by atoms with Crippen LogP contribution in [0.15, 0.2) is 170 Å². The van der Waals surface area contributed by atoms with Crippen LogP contribution in [0.3, 0.4) is 0 Å². The molecule has 0 aliphatic carbocycles. The lowest BCUT2D eigenvalue weighted by Crippen LogP contribution is -1.97. The first-order valence-electron chi connectivity index (χ1n) is 15.7. The Morgan fingerprint density at radius 3 is 1.78 bits per heavy atom. The van der Waals surface area contributed by atoms with E-state index in [2.05, 4.69) is 152 Å². The lowest BCUT2D eigenvalue weighted by atomic mass is 9.90. The van der Waals surface area contributed by atoms with Gasteiger partial charge in [0.15, 0.2) is 5.82 Å². The van der Waals surface area contributed by atoms with E-state index in [-0.39, 0.29) is 0 Å². The molecule has 0 saturated carbocycles. The molecular weight excluding hydrogens is 556 g/mol. The van der Waals surface area contributed by atoms with Crippen LogP contribution in [0.5, 0.6) is 0 Å². The molecule has 8 aromatic carbocycles. The summed E-state index contributed by atoms with van der Waals surface area (Å²) in [6, 6.07) is 60.4. The second-order valence-corrected chi connectivity index (χ2v) is 11.8. The topological polar surface area (TPSA) is 25.8 Å². The monoisotopic (exact) mass is 584 g/mol. The van der Waals surface area contributed by atoms with Gasteiger partial charge in [-0.3, -0.25) is 0 Å². The first-order chi connectivity index (χ1) is 22.8. The number of rotatable bonds is 4. The van der Waals surface area contributed by atoms with E-state index < -0.39 is 0 Å². The van der Waals surface area contributed by atoms with Gasteiger partial charge in [-0.15, -0.1) is 0 Å². The third kappa shape index (κ3) is 4.51. The molecule has 0 unspecified atom stereocenters. The van der Waals surface area contributed by atoms with Crippen molar-refractivity contribution in [3.63, 3.8) is 0 Å². The van der Waals surface area contributed by atoms with Gasteiger partial charge in [0.25, 0.3) is 0 Å². The maximum atomic E-state index is 5.31. The summed E-state index contributed by atoms with van der Waals surface area (Å²) < 4.78 is 0. The van der Waals surface area contributed by atoms with E-state index in [4.69, 9.17) is 9.97 Å². The van der Waals surface area contributed by atoms with Crippen molar-refractivity contribution in [2.45, 2.75) is 0 Å². The van der Waals surface area contributed by atoms with Gasteiger partial charge in [0.2, 0.25) is 0 Å². The molecule has 1 heterocycles. The molecule has 0 aliphatic heterocycles. The number of hydrogen-bond acceptors (Lipinski definition) is 2. The van der Waals surface area contributed by atoms with Crippen LogP contribution in [0, 0.1) is 0 Å². The predicted octanol–water partition coefficient (Wildman–Crippen LogP) is 11.8. The van der Waals surface area contributed by atoms with Crippen LogP contribution >= 0.6 is 0 Å². The lowest BCUT2D eigenvalue weighted by Gasteiger charge is -2.16. The van der Waals surface area contributed by atoms with Crippen LogP contribution in [0.25, 0.3) is 88.1 Å². The van der Waals surface area contributed by atoms with E-state index in [9.17, 15) is 0 Å². The van der Waals surface area contributed by atoms with Crippen molar-refractivity contribution >= 4 is 43.1 Å². The lowest BCUT2D eigenvalue weighted by molar-refractivity contribution is 1.19. The van der Waals surface area contributed by atoms with Crippen molar-refractivity contribution in [1.29, 1.82) is 0 Å². The zero-order valence-corrected chi connectivity index (χ0v) is 25.1. The van der Waals surface area contributed by atoms with Crippen LogP contribution in [0.2, 0.25) is 0 Å². The third-order valence-electron chi connectivity index (χ3n) is 9.01. The molecule has 0 aliphatic rings. The van der Waals surface area contributed by atoms with E-state index in [1.807, 2.05) is 18.2 Å². The second kappa shape index (κ2) is 10.8. The van der Waals surface area contributed by atoms with Gasteiger partial charge in [-0.2, -0.15) is 0 Å². The molecule has 0 saturated heterocycles. The molecule has 0 bridgehead atoms. The standard InChI is InChI=1S/C44H28N2/c1-2-13-31(14-3-1)44-45-40(36-18-10-17-33(26-36)34-23-21-29-11-4-5-15-32(29)25-34)28-41(46-44)43-39-20-9-7-16-35(39)27-37-24-22-30-12-6-8-19-38(30)42(37)43/h1-28H. The summed E-state index contributed by atoms with van der Waals surface area (Å²) in [6.45, 7) is 0. The minimum atomic E-state index is 0.713. The molecule has 46 heavy (non-hydrogen) atoms. The molecule has 2 heteroatoms. The number of hydrogen-bond donors (Lipinski definition) is 0. The van der Waals surface area contributed by atoms with Gasteiger partial charge < -0.3 is 0 Å². The number of benzene rings is 8. The van der Waals surface area contributed by atoms with Gasteiger partial charge in [-0.25, -0.2) is 9.97 Å². The van der Waals surface area contributed by atoms with Crippen molar-refractivity contribution in [3.8, 4) is 45.0 Å². The zero-order valence-electron chi connectivity index (χ0n) is 25.1. The summed E-state index contributed by atoms with van der Waals surface area (Å²) in [7, 11) is 0. The minimum Gasteiger partial charge on any atom is -0.228 e. The fourth-order valence-electron chi connectivity index (χ4n) is 6.77. The average molecular weight is 585 g/mol. The van der Waals surface area contributed by atoms with Crippen molar-refractivity contribution in [3.05, 3.63) is 170 Å². The van der Waals surface area contributed by atoms with E-state index in [0.717, 1.165) is 33.6 Å². The molecule has 9 rings (SSSR count). The number of aromatic nitrogens is 2. The summed E-state index contributed by atoms with van der Waals surface area (Å²) in [5.74, 6) is 0.713. The Morgan fingerprint density at radius 1 is 0.304 bits per heavy atom. The van der Waals surface area contributed by atoms with Gasteiger partial charge in [-0.05, 0) is 78.5 Å². The zero-order chi connectivity index (χ0) is 30.5. The first-order valence-corrected chi connectivity index (χ1v) is 15.7. The highest BCUT2D eigenvalue weighted by Crippen LogP contribution is 2.41. The Hall–Kier alpha value is -6.12. The van der Waals surface area contributed by atoms with Crippen LogP contribution in [-0.4, -0.2) is 9.97 Å². The summed E-state index contributed by atoms with van der Waals surface area (Å²) in [6.07, 6.45) is 0. The molecule has 9 aromatic rings. The van der Waals surface area contributed by atoms with Gasteiger partial charge in [0.05, 0.1) is 11.4 Å². The van der Waals surface area contributed by atoms with Crippen LogP contribution in [0.4, 0.5) is 0 Å². The molecule has 0 fully saturated rings. The van der Waals surface area contributed by atoms with E-state index in [1.165, 1.54) is 48.7 Å². The smallest absolute Gasteiger partial charge is 0.160 e. The van der Waals surface area contributed by atoms with Crippen LogP contribution < -0.4 is 0 Å². The van der Waals surface area contributed by atoms with Crippen LogP contribution in [-0.2, 0) is 0 Å². The molecule has 0 spiro atoms. The maximum Gasteiger partial charge on any atom is 0.160 e. The number of fused-ring (bicyclic) bond motifs is 5. The Kier molecular flexibility index (Phi) is 6.17. The van der Waals surface area contributed by atoms with E-state index in [0.29, 0.717) is 5.82 Å². The van der Waals surface area contributed by atoms with Crippen molar-refractivity contribution in [2.24, 2.45) is 0 Å². The predicted molar refractivity (Wildman–Crippen MR) is 194 cm³/mol. The van der Waals surface area contributed by atoms with Gasteiger partial charge in [0, 0.05) is 16.7 Å². The molecule has 0 radical (unpaired) electrons. The fraction of sp³-hybridized carbons (Fsp3) is 0. The second-order valence-electron chi connectivity index (χ2n) is 11.8. The molecule has 0 amide bonds. The minimum absolute atomic E-state index is 0.713. The quantitative estimate of drug-likeness (QED) is 0.152. The largest absolute Gasteiger partial charge is 0.228 e. The molecule has 2 nitrogen and oxygen atoms in total. The highest BCUT2D eigenvalue weighted by atomic mass is 14.9. The normalized spacial score (nSPS) is 11.5. The van der Waals surface area contributed by atoms with Gasteiger partial charge in [-0.1, -0.05) is 146 Å². The van der Waals surface area contributed by atoms with Gasteiger partial charge in [0.1, 0.15) is 0 Å². The van der Waals surface area contributed by atoms with Crippen molar-refractivity contribution < 1.29 is 0 Å². The number of nitrogens with zero attached hydrogens (tertiary/aromatic N) is 2. The third-order valence-corrected chi connectivity index (χ3v) is 9.01. The Morgan fingerprint density at radius 2 is 0.913 bits per heavy atom. The summed E-state index contributed by atoms with van der Waals surface area (Å²) >= 11 is 0. The first kappa shape index (κ1) is 26.3. The highest BCUT2D eigenvalue weighted by Gasteiger charge is 2.17. The maximum absolute atomic E-state index is 5.31. The molecule has 1 aromatic heterocycles. The van der Waals surface area contributed by atoms with Crippen molar-refractivity contribution in [1.82, 2.24) is 9.97 Å². The molecule has 214 valence electrons. The Labute approximate surface area is 267 Å². The SMILES string of the molecule is c1ccc(-c2nc(-c3cccc(-c4ccc5ccccc5c4)c3)cc(-c3c4ccccc4cc4ccc5ccccc5c34)n2)cc1. The average Bonchev–Trinajstić information content (AvgIpc) is 3.14. The Bertz CT molecular complexity index is 2580. The van der Waals surface area contributed by atoms with E-state index >= 15 is 0 Å². The molecule has 0 atom stereocenters. The highest BCUT2D eigenvalue weighted by molar-refractivity contribution is 6.21. The van der Waals surface area contributed by atoms with E-state index in [1.54, 1.807) is 0 Å². The molecule has 0 N–H and O–H groups in total. The fourth-order valence-corrected chi connectivity index (χ4v) is 6.77.